The molecule has 0 bridgehead atoms. The minimum absolute atomic E-state index is 0.0620. The highest BCUT2D eigenvalue weighted by molar-refractivity contribution is 6.55. The molecule has 2 aromatic heterocycles. The third kappa shape index (κ3) is 3.41. The van der Waals surface area contributed by atoms with Gasteiger partial charge in [-0.15, -0.1) is 0 Å². The van der Waals surface area contributed by atoms with Crippen LogP contribution < -0.4 is 4.90 Å². The Balaban J connectivity index is 1.41. The van der Waals surface area contributed by atoms with Crippen LogP contribution in [-0.2, 0) is 4.79 Å². The molecule has 2 fully saturated rings. The number of rotatable bonds is 3. The van der Waals surface area contributed by atoms with Crippen LogP contribution in [0.2, 0.25) is 0 Å². The van der Waals surface area contributed by atoms with Gasteiger partial charge in [-0.25, -0.2) is 4.98 Å². The zero-order valence-electron chi connectivity index (χ0n) is 15.6. The van der Waals surface area contributed by atoms with E-state index in [0.29, 0.717) is 43.4 Å². The lowest BCUT2D eigenvalue weighted by atomic mass is 10.1. The van der Waals surface area contributed by atoms with E-state index in [-0.39, 0.29) is 27.6 Å². The van der Waals surface area contributed by atoms with Crippen molar-refractivity contribution >= 4 is 46.4 Å². The number of allylic oxidation sites excluding steroid dienone is 1. The van der Waals surface area contributed by atoms with Crippen molar-refractivity contribution in [3.8, 4) is 0 Å². The number of nitrogens with zero attached hydrogens (tertiary/aromatic N) is 4. The van der Waals surface area contributed by atoms with E-state index in [4.69, 9.17) is 27.6 Å². The monoisotopic (exact) mass is 408 g/mol. The van der Waals surface area contributed by atoms with E-state index in [1.165, 1.54) is 0 Å². The van der Waals surface area contributed by atoms with Crippen molar-refractivity contribution in [2.45, 2.75) is 20.8 Å². The van der Waals surface area contributed by atoms with E-state index in [1.807, 2.05) is 24.0 Å². The van der Waals surface area contributed by atoms with E-state index in [2.05, 4.69) is 28.7 Å². The number of amides is 1. The first-order valence-corrected chi connectivity index (χ1v) is 9.83. The summed E-state index contributed by atoms with van der Waals surface area (Å²) in [5.74, 6) is 0.206. The summed E-state index contributed by atoms with van der Waals surface area (Å²) in [5.41, 5.74) is 2.11. The molecule has 0 N–H and O–H groups in total. The van der Waals surface area contributed by atoms with Gasteiger partial charge in [0.25, 0.3) is 6.01 Å². The second kappa shape index (κ2) is 6.67. The molecule has 2 atom stereocenters. The van der Waals surface area contributed by atoms with Gasteiger partial charge in [-0.2, -0.15) is 4.98 Å². The number of carbonyl (C=O) groups excluding carboxylic acids is 1. The number of hydrogen-bond donors (Lipinski definition) is 0. The van der Waals surface area contributed by atoms with Crippen molar-refractivity contribution < 1.29 is 9.21 Å². The Kier molecular flexibility index (Phi) is 4.59. The molecule has 0 aromatic carbocycles. The topological polar surface area (TPSA) is 62.5 Å². The van der Waals surface area contributed by atoms with Crippen LogP contribution >= 0.6 is 23.2 Å². The Morgan fingerprint density at radius 1 is 1.22 bits per heavy atom. The average Bonchev–Trinajstić information content (AvgIpc) is 2.96. The number of piperazine rings is 1. The minimum atomic E-state index is -0.104. The summed E-state index contributed by atoms with van der Waals surface area (Å²) < 4.78 is 6.05. The quantitative estimate of drug-likeness (QED) is 0.773. The molecule has 4 rings (SSSR count). The summed E-state index contributed by atoms with van der Waals surface area (Å²) in [6.45, 7) is 8.73. The van der Waals surface area contributed by atoms with Crippen molar-refractivity contribution in [3.05, 3.63) is 28.4 Å². The molecule has 1 saturated carbocycles. The summed E-state index contributed by atoms with van der Waals surface area (Å²) in [7, 11) is 0. The molecule has 1 amide bonds. The van der Waals surface area contributed by atoms with Crippen molar-refractivity contribution in [1.82, 2.24) is 14.9 Å². The predicted octanol–water partition coefficient (Wildman–Crippen LogP) is 3.77. The summed E-state index contributed by atoms with van der Waals surface area (Å²) in [6.07, 6.45) is 1.79. The number of hydrogen-bond acceptors (Lipinski definition) is 5. The number of pyridine rings is 1. The summed E-state index contributed by atoms with van der Waals surface area (Å²) in [4.78, 5) is 25.8. The number of fused-ring (bicyclic) bond motifs is 1. The molecule has 1 aliphatic heterocycles. The Morgan fingerprint density at radius 3 is 2.59 bits per heavy atom. The van der Waals surface area contributed by atoms with Crippen LogP contribution in [0.25, 0.3) is 11.2 Å². The van der Waals surface area contributed by atoms with Crippen molar-refractivity contribution in [2.75, 3.05) is 31.1 Å². The maximum Gasteiger partial charge on any atom is 0.300 e. The maximum atomic E-state index is 12.9. The molecule has 8 heteroatoms. The van der Waals surface area contributed by atoms with Crippen molar-refractivity contribution in [1.29, 1.82) is 0 Å². The van der Waals surface area contributed by atoms with Crippen LogP contribution in [0, 0.1) is 24.2 Å². The smallest absolute Gasteiger partial charge is 0.300 e. The number of anilines is 1. The molecule has 0 spiro atoms. The van der Waals surface area contributed by atoms with Crippen LogP contribution in [0.5, 0.6) is 0 Å². The summed E-state index contributed by atoms with van der Waals surface area (Å²) in [6, 6.07) is 4.36. The zero-order chi connectivity index (χ0) is 19.3. The SMILES string of the molecule is Cc1ccc2oc(N3CCN(C(=O)[C@H]4[C@H](C=C(Cl)Cl)C4(C)C)CC3)nc2n1. The van der Waals surface area contributed by atoms with Crippen LogP contribution in [0.3, 0.4) is 0 Å². The van der Waals surface area contributed by atoms with Crippen LogP contribution in [0.15, 0.2) is 27.1 Å². The first-order valence-electron chi connectivity index (χ1n) is 9.08. The van der Waals surface area contributed by atoms with Gasteiger partial charge in [0.1, 0.15) is 4.49 Å². The second-order valence-corrected chi connectivity index (χ2v) is 8.87. The minimum Gasteiger partial charge on any atom is -0.422 e. The van der Waals surface area contributed by atoms with Gasteiger partial charge in [0, 0.05) is 31.9 Å². The molecule has 0 radical (unpaired) electrons. The van der Waals surface area contributed by atoms with E-state index in [1.54, 1.807) is 6.08 Å². The number of aryl methyl sites for hydroxylation is 1. The van der Waals surface area contributed by atoms with Gasteiger partial charge >= 0.3 is 0 Å². The summed E-state index contributed by atoms with van der Waals surface area (Å²) in [5, 5.41) is 0. The zero-order valence-corrected chi connectivity index (χ0v) is 17.1. The van der Waals surface area contributed by atoms with E-state index in [9.17, 15) is 4.79 Å². The fourth-order valence-corrected chi connectivity index (χ4v) is 4.22. The predicted molar refractivity (Wildman–Crippen MR) is 106 cm³/mol. The van der Waals surface area contributed by atoms with Crippen LogP contribution in [-0.4, -0.2) is 47.0 Å². The number of halogens is 2. The van der Waals surface area contributed by atoms with Gasteiger partial charge in [-0.05, 0) is 36.5 Å². The first kappa shape index (κ1) is 18.6. The summed E-state index contributed by atoms with van der Waals surface area (Å²) >= 11 is 11.6. The van der Waals surface area contributed by atoms with Gasteiger partial charge in [0.15, 0.2) is 5.58 Å². The number of aromatic nitrogens is 2. The second-order valence-electron chi connectivity index (χ2n) is 7.86. The van der Waals surface area contributed by atoms with E-state index < -0.39 is 0 Å². The van der Waals surface area contributed by atoms with E-state index >= 15 is 0 Å². The molecule has 2 aliphatic rings. The highest BCUT2D eigenvalue weighted by Gasteiger charge is 2.61. The fourth-order valence-electron chi connectivity index (χ4n) is 3.95. The molecule has 1 saturated heterocycles. The number of carbonyl (C=O) groups is 1. The van der Waals surface area contributed by atoms with Crippen LogP contribution in [0.1, 0.15) is 19.5 Å². The standard InChI is InChI=1S/C19H22Cl2N4O2/c1-11-4-5-13-16(22-11)23-18(27-13)25-8-6-24(7-9-25)17(26)15-12(10-14(20)21)19(15,2)3/h4-5,10,12,15H,6-9H2,1-3H3/t12-,15+/m0/s1. The Hall–Kier alpha value is -1.79. The van der Waals surface area contributed by atoms with Gasteiger partial charge in [0.2, 0.25) is 11.6 Å². The third-order valence-electron chi connectivity index (χ3n) is 5.73. The average molecular weight is 409 g/mol. The first-order chi connectivity index (χ1) is 12.8. The highest BCUT2D eigenvalue weighted by atomic mass is 35.5. The highest BCUT2D eigenvalue weighted by Crippen LogP contribution is 2.60. The van der Waals surface area contributed by atoms with Crippen molar-refractivity contribution in [3.63, 3.8) is 0 Å². The molecule has 27 heavy (non-hydrogen) atoms. The molecule has 2 aromatic rings. The molecule has 6 nitrogen and oxygen atoms in total. The fraction of sp³-hybridized carbons (Fsp3) is 0.526. The van der Waals surface area contributed by atoms with E-state index in [0.717, 1.165) is 5.69 Å². The third-order valence-corrected chi connectivity index (χ3v) is 5.98. The molecule has 0 unspecified atom stereocenters. The van der Waals surface area contributed by atoms with Gasteiger partial charge in [-0.3, -0.25) is 4.79 Å². The molecule has 1 aliphatic carbocycles. The van der Waals surface area contributed by atoms with Crippen LogP contribution in [0.4, 0.5) is 6.01 Å². The molecule has 144 valence electrons. The Labute approximate surface area is 168 Å². The molecular weight excluding hydrogens is 387 g/mol. The largest absolute Gasteiger partial charge is 0.422 e. The van der Waals surface area contributed by atoms with Gasteiger partial charge in [0.05, 0.1) is 5.92 Å². The number of oxazole rings is 1. The normalized spacial score (nSPS) is 24.2. The van der Waals surface area contributed by atoms with Gasteiger partial charge in [-0.1, -0.05) is 37.0 Å². The lowest BCUT2D eigenvalue weighted by Crippen LogP contribution is -2.49. The Bertz CT molecular complexity index is 912. The maximum absolute atomic E-state index is 12.9. The molecular formula is C19H22Cl2N4O2. The molecule has 3 heterocycles. The lowest BCUT2D eigenvalue weighted by Gasteiger charge is -2.34. The van der Waals surface area contributed by atoms with Crippen molar-refractivity contribution in [2.24, 2.45) is 17.3 Å². The lowest BCUT2D eigenvalue weighted by molar-refractivity contribution is -0.133. The Morgan fingerprint density at radius 2 is 1.93 bits per heavy atom. The van der Waals surface area contributed by atoms with Gasteiger partial charge < -0.3 is 14.2 Å².